The summed E-state index contributed by atoms with van der Waals surface area (Å²) < 4.78 is 34.1. The van der Waals surface area contributed by atoms with E-state index in [-0.39, 0.29) is 29.8 Å². The van der Waals surface area contributed by atoms with Gasteiger partial charge >= 0.3 is 6.61 Å². The van der Waals surface area contributed by atoms with Crippen molar-refractivity contribution in [2.45, 2.75) is 25.5 Å². The van der Waals surface area contributed by atoms with E-state index < -0.39 is 12.5 Å². The van der Waals surface area contributed by atoms with Crippen molar-refractivity contribution in [2.24, 2.45) is 0 Å². The normalized spacial score (nSPS) is 15.3. The van der Waals surface area contributed by atoms with E-state index in [1.54, 1.807) is 6.26 Å². The van der Waals surface area contributed by atoms with Gasteiger partial charge in [0.25, 0.3) is 5.91 Å². The van der Waals surface area contributed by atoms with E-state index in [4.69, 9.17) is 4.42 Å². The molecule has 0 bridgehead atoms. The molecule has 0 unspecified atom stereocenters. The van der Waals surface area contributed by atoms with Crippen LogP contribution >= 0.6 is 0 Å². The maximum absolute atomic E-state index is 12.2. The fourth-order valence-electron chi connectivity index (χ4n) is 3.44. The Morgan fingerprint density at radius 2 is 1.83 bits per heavy atom. The van der Waals surface area contributed by atoms with Gasteiger partial charge in [0, 0.05) is 18.4 Å². The van der Waals surface area contributed by atoms with Gasteiger partial charge in [-0.1, -0.05) is 0 Å². The van der Waals surface area contributed by atoms with Gasteiger partial charge in [-0.3, -0.25) is 9.59 Å². The molecule has 1 fully saturated rings. The number of likely N-dealkylation sites (tertiary alicyclic amines) is 1. The molecule has 3 N–H and O–H groups in total. The molecule has 1 aliphatic rings. The highest BCUT2D eigenvalue weighted by molar-refractivity contribution is 5.96. The van der Waals surface area contributed by atoms with E-state index in [1.165, 1.54) is 29.2 Å². The standard InChI is InChI=1S/C20H23F2N3O4/c21-20(22)29-15-7-5-14(6-8-15)19(27)24-13-18(26)23-12-16(17-4-3-11-28-17)25-9-1-2-10-25/h3-8,11,16,20H,1-2,9-10,12-13H2,(H,23,26)(H,24,27)/p+1/t16-/m1/s1. The molecule has 1 atom stereocenters. The molecule has 1 aromatic heterocycles. The number of amides is 2. The molecule has 2 heterocycles. The van der Waals surface area contributed by atoms with Gasteiger partial charge in [-0.05, 0) is 36.4 Å². The highest BCUT2D eigenvalue weighted by Crippen LogP contribution is 2.15. The number of carbonyl (C=O) groups excluding carboxylic acids is 2. The van der Waals surface area contributed by atoms with E-state index in [1.807, 2.05) is 12.1 Å². The fraction of sp³-hybridized carbons (Fsp3) is 0.400. The second kappa shape index (κ2) is 10.0. The van der Waals surface area contributed by atoms with Crippen LogP contribution in [0.4, 0.5) is 8.78 Å². The van der Waals surface area contributed by atoms with E-state index in [9.17, 15) is 18.4 Å². The lowest BCUT2D eigenvalue weighted by atomic mass is 10.2. The lowest BCUT2D eigenvalue weighted by molar-refractivity contribution is -0.919. The molecule has 9 heteroatoms. The molecule has 1 aromatic carbocycles. The van der Waals surface area contributed by atoms with Crippen molar-refractivity contribution in [3.8, 4) is 5.75 Å². The zero-order valence-corrected chi connectivity index (χ0v) is 15.8. The van der Waals surface area contributed by atoms with Gasteiger partial charge in [0.1, 0.15) is 5.75 Å². The van der Waals surface area contributed by atoms with Crippen molar-refractivity contribution < 1.29 is 32.4 Å². The zero-order valence-electron chi connectivity index (χ0n) is 15.8. The van der Waals surface area contributed by atoms with Crippen LogP contribution < -0.4 is 20.3 Å². The van der Waals surface area contributed by atoms with Crippen LogP contribution in [0.5, 0.6) is 5.75 Å². The van der Waals surface area contributed by atoms with Crippen LogP contribution in [-0.2, 0) is 4.79 Å². The lowest BCUT2D eigenvalue weighted by Crippen LogP contribution is -3.11. The number of halogens is 2. The number of furan rings is 1. The molecular weight excluding hydrogens is 384 g/mol. The van der Waals surface area contributed by atoms with E-state index in [0.29, 0.717) is 6.54 Å². The Kier molecular flexibility index (Phi) is 7.18. The highest BCUT2D eigenvalue weighted by atomic mass is 19.3. The van der Waals surface area contributed by atoms with Crippen LogP contribution in [0, 0.1) is 0 Å². The summed E-state index contributed by atoms with van der Waals surface area (Å²) in [5.41, 5.74) is 0.245. The largest absolute Gasteiger partial charge is 0.463 e. The molecule has 2 amide bonds. The number of quaternary nitrogens is 1. The van der Waals surface area contributed by atoms with Crippen LogP contribution in [0.15, 0.2) is 47.1 Å². The molecule has 0 aliphatic carbocycles. The summed E-state index contributed by atoms with van der Waals surface area (Å²) in [6, 6.07) is 9.03. The van der Waals surface area contributed by atoms with E-state index >= 15 is 0 Å². The summed E-state index contributed by atoms with van der Waals surface area (Å²) in [5.74, 6) is 0.00247. The highest BCUT2D eigenvalue weighted by Gasteiger charge is 2.29. The first kappa shape index (κ1) is 20.8. The van der Waals surface area contributed by atoms with Crippen LogP contribution in [0.1, 0.15) is 35.0 Å². The Balaban J connectivity index is 1.46. The molecule has 1 saturated heterocycles. The number of alkyl halides is 2. The minimum Gasteiger partial charge on any atom is -0.463 e. The first-order valence-corrected chi connectivity index (χ1v) is 9.50. The van der Waals surface area contributed by atoms with Crippen LogP contribution in [0.3, 0.4) is 0 Å². The average Bonchev–Trinajstić information content (AvgIpc) is 3.41. The molecule has 2 aromatic rings. The van der Waals surface area contributed by atoms with Gasteiger partial charge in [-0.15, -0.1) is 0 Å². The third-order valence-corrected chi connectivity index (χ3v) is 4.88. The molecule has 29 heavy (non-hydrogen) atoms. The molecule has 0 spiro atoms. The van der Waals surface area contributed by atoms with Gasteiger partial charge in [-0.25, -0.2) is 0 Å². The van der Waals surface area contributed by atoms with Crippen LogP contribution in [0.2, 0.25) is 0 Å². The monoisotopic (exact) mass is 408 g/mol. The minimum absolute atomic E-state index is 0.0366. The van der Waals surface area contributed by atoms with Gasteiger partial charge in [-0.2, -0.15) is 8.78 Å². The number of rotatable bonds is 9. The van der Waals surface area contributed by atoms with Crippen molar-refractivity contribution in [3.05, 3.63) is 54.0 Å². The number of carbonyl (C=O) groups is 2. The summed E-state index contributed by atoms with van der Waals surface area (Å²) in [6.07, 6.45) is 3.92. The first-order chi connectivity index (χ1) is 14.0. The van der Waals surface area contributed by atoms with Crippen LogP contribution in [-0.4, -0.2) is 44.6 Å². The molecule has 156 valence electrons. The first-order valence-electron chi connectivity index (χ1n) is 9.50. The minimum atomic E-state index is -2.93. The Morgan fingerprint density at radius 1 is 1.10 bits per heavy atom. The van der Waals surface area contributed by atoms with Crippen molar-refractivity contribution in [1.29, 1.82) is 0 Å². The number of benzene rings is 1. The van der Waals surface area contributed by atoms with Gasteiger partial charge in [0.05, 0.1) is 32.4 Å². The zero-order chi connectivity index (χ0) is 20.6. The maximum Gasteiger partial charge on any atom is 0.387 e. The fourth-order valence-corrected chi connectivity index (χ4v) is 3.44. The quantitative estimate of drug-likeness (QED) is 0.581. The predicted octanol–water partition coefficient (Wildman–Crippen LogP) is 1.15. The SMILES string of the molecule is O=C(CNC(=O)c1ccc(OC(F)F)cc1)NC[C@H](c1ccco1)[NH+]1CCCC1. The summed E-state index contributed by atoms with van der Waals surface area (Å²) in [7, 11) is 0. The van der Waals surface area contributed by atoms with E-state index in [2.05, 4.69) is 15.4 Å². The molecule has 7 nitrogen and oxygen atoms in total. The molecule has 0 saturated carbocycles. The van der Waals surface area contributed by atoms with Crippen molar-refractivity contribution in [1.82, 2.24) is 10.6 Å². The smallest absolute Gasteiger partial charge is 0.387 e. The third kappa shape index (κ3) is 6.02. The average molecular weight is 408 g/mol. The van der Waals surface area contributed by atoms with Crippen molar-refractivity contribution in [3.63, 3.8) is 0 Å². The number of nitrogens with one attached hydrogen (secondary N) is 3. The summed E-state index contributed by atoms with van der Waals surface area (Å²) in [6.45, 7) is -0.636. The number of ether oxygens (including phenoxy) is 1. The third-order valence-electron chi connectivity index (χ3n) is 4.88. The lowest BCUT2D eigenvalue weighted by Gasteiger charge is -2.23. The molecule has 0 radical (unpaired) electrons. The topological polar surface area (TPSA) is 85.0 Å². The Morgan fingerprint density at radius 3 is 2.45 bits per heavy atom. The summed E-state index contributed by atoms with van der Waals surface area (Å²) in [5, 5.41) is 5.36. The number of hydrogen-bond donors (Lipinski definition) is 3. The molecule has 1 aliphatic heterocycles. The second-order valence-corrected chi connectivity index (χ2v) is 6.82. The second-order valence-electron chi connectivity index (χ2n) is 6.82. The maximum atomic E-state index is 12.2. The molecule has 3 rings (SSSR count). The Bertz CT molecular complexity index is 791. The predicted molar refractivity (Wildman–Crippen MR) is 99.8 cm³/mol. The van der Waals surface area contributed by atoms with E-state index in [0.717, 1.165) is 31.7 Å². The van der Waals surface area contributed by atoms with Crippen LogP contribution in [0.25, 0.3) is 0 Å². The summed E-state index contributed by atoms with van der Waals surface area (Å²) in [4.78, 5) is 25.7. The summed E-state index contributed by atoms with van der Waals surface area (Å²) >= 11 is 0. The number of hydrogen-bond acceptors (Lipinski definition) is 4. The Labute approximate surface area is 167 Å². The van der Waals surface area contributed by atoms with Gasteiger partial charge in [0.15, 0.2) is 11.8 Å². The van der Waals surface area contributed by atoms with Gasteiger partial charge in [0.2, 0.25) is 5.91 Å². The van der Waals surface area contributed by atoms with Crippen molar-refractivity contribution >= 4 is 11.8 Å². The van der Waals surface area contributed by atoms with Gasteiger partial charge < -0.3 is 24.7 Å². The van der Waals surface area contributed by atoms with Crippen molar-refractivity contribution in [2.75, 3.05) is 26.2 Å². The molecular formula is C20H24F2N3O4+. The Hall–Kier alpha value is -2.94.